The second-order valence-electron chi connectivity index (χ2n) is 5.56. The van der Waals surface area contributed by atoms with Gasteiger partial charge in [0.15, 0.2) is 5.96 Å². The normalized spacial score (nSPS) is 11.7. The predicted molar refractivity (Wildman–Crippen MR) is 101 cm³/mol. The molecule has 24 heavy (non-hydrogen) atoms. The highest BCUT2D eigenvalue weighted by Gasteiger charge is 2.03. The van der Waals surface area contributed by atoms with Crippen molar-refractivity contribution in [3.63, 3.8) is 0 Å². The van der Waals surface area contributed by atoms with Crippen molar-refractivity contribution in [2.24, 2.45) is 4.99 Å². The predicted octanol–water partition coefficient (Wildman–Crippen LogP) is 2.48. The number of unbranched alkanes of at least 4 members (excludes halogenated alkanes) is 1. The number of hydrogen-bond donors (Lipinski definition) is 2. The molecule has 0 aliphatic rings. The number of aryl methyl sites for hydroxylation is 1. The van der Waals surface area contributed by atoms with E-state index in [9.17, 15) is 0 Å². The first-order valence-corrected chi connectivity index (χ1v) is 9.62. The van der Waals surface area contributed by atoms with Crippen molar-refractivity contribution in [1.29, 1.82) is 0 Å². The van der Waals surface area contributed by atoms with Gasteiger partial charge in [0.25, 0.3) is 0 Å². The summed E-state index contributed by atoms with van der Waals surface area (Å²) >= 11 is 1.80. The third-order valence-electron chi connectivity index (χ3n) is 3.68. The SMILES string of the molecule is CCCCN=C(NCCc1cccs1)NCCn1cnnc1CC. The molecule has 0 saturated carbocycles. The van der Waals surface area contributed by atoms with Crippen LogP contribution in [0.15, 0.2) is 28.8 Å². The van der Waals surface area contributed by atoms with Gasteiger partial charge in [-0.15, -0.1) is 21.5 Å². The zero-order valence-electron chi connectivity index (χ0n) is 14.7. The molecule has 2 aromatic heterocycles. The molecule has 0 aromatic carbocycles. The van der Waals surface area contributed by atoms with Crippen molar-refractivity contribution in [3.05, 3.63) is 34.5 Å². The van der Waals surface area contributed by atoms with Crippen LogP contribution in [0, 0.1) is 0 Å². The fourth-order valence-corrected chi connectivity index (χ4v) is 3.03. The molecule has 0 aliphatic heterocycles. The fraction of sp³-hybridized carbons (Fsp3) is 0.588. The van der Waals surface area contributed by atoms with Gasteiger partial charge in [-0.3, -0.25) is 4.99 Å². The first kappa shape index (κ1) is 18.4. The third kappa shape index (κ3) is 6.31. The summed E-state index contributed by atoms with van der Waals surface area (Å²) in [5.74, 6) is 1.91. The molecule has 2 N–H and O–H groups in total. The molecule has 2 rings (SSSR count). The van der Waals surface area contributed by atoms with Crippen LogP contribution in [0.1, 0.15) is 37.4 Å². The van der Waals surface area contributed by atoms with Gasteiger partial charge in [0.2, 0.25) is 0 Å². The van der Waals surface area contributed by atoms with Crippen molar-refractivity contribution >= 4 is 17.3 Å². The highest BCUT2D eigenvalue weighted by Crippen LogP contribution is 2.07. The molecule has 0 amide bonds. The molecule has 0 unspecified atom stereocenters. The maximum absolute atomic E-state index is 4.65. The average molecular weight is 349 g/mol. The van der Waals surface area contributed by atoms with E-state index in [1.807, 2.05) is 0 Å². The van der Waals surface area contributed by atoms with Gasteiger partial charge in [0.1, 0.15) is 12.2 Å². The number of guanidine groups is 1. The fourth-order valence-electron chi connectivity index (χ4n) is 2.32. The maximum atomic E-state index is 4.65. The lowest BCUT2D eigenvalue weighted by Crippen LogP contribution is -2.40. The second-order valence-corrected chi connectivity index (χ2v) is 6.59. The van der Waals surface area contributed by atoms with E-state index in [1.54, 1.807) is 17.7 Å². The number of aliphatic imine (C=N–C) groups is 1. The second kappa shape index (κ2) is 10.8. The lowest BCUT2D eigenvalue weighted by atomic mass is 10.3. The largest absolute Gasteiger partial charge is 0.356 e. The van der Waals surface area contributed by atoms with Crippen LogP contribution in [-0.4, -0.2) is 40.4 Å². The Morgan fingerprint density at radius 1 is 1.29 bits per heavy atom. The minimum absolute atomic E-state index is 0.808. The highest BCUT2D eigenvalue weighted by molar-refractivity contribution is 7.09. The van der Waals surface area contributed by atoms with Crippen molar-refractivity contribution in [3.8, 4) is 0 Å². The molecule has 0 spiro atoms. The van der Waals surface area contributed by atoms with Crippen LogP contribution in [-0.2, 0) is 19.4 Å². The summed E-state index contributed by atoms with van der Waals surface area (Å²) < 4.78 is 2.09. The summed E-state index contributed by atoms with van der Waals surface area (Å²) in [6.07, 6.45) is 5.99. The number of aromatic nitrogens is 3. The minimum atomic E-state index is 0.808. The van der Waals surface area contributed by atoms with Crippen molar-refractivity contribution in [1.82, 2.24) is 25.4 Å². The molecule has 0 fully saturated rings. The summed E-state index contributed by atoms with van der Waals surface area (Å²) in [7, 11) is 0. The Bertz CT molecular complexity index is 590. The molecule has 0 bridgehead atoms. The van der Waals surface area contributed by atoms with Gasteiger partial charge in [-0.25, -0.2) is 0 Å². The van der Waals surface area contributed by atoms with Gasteiger partial charge in [-0.1, -0.05) is 26.3 Å². The number of nitrogens with one attached hydrogen (secondary N) is 2. The Kier molecular flexibility index (Phi) is 8.31. The van der Waals surface area contributed by atoms with E-state index in [2.05, 4.69) is 61.8 Å². The lowest BCUT2D eigenvalue weighted by molar-refractivity contribution is 0.630. The van der Waals surface area contributed by atoms with Crippen LogP contribution in [0.2, 0.25) is 0 Å². The Labute approximate surface area is 148 Å². The summed E-state index contributed by atoms with van der Waals surface area (Å²) in [6, 6.07) is 4.27. The van der Waals surface area contributed by atoms with E-state index < -0.39 is 0 Å². The molecule has 0 atom stereocenters. The average Bonchev–Trinajstić information content (AvgIpc) is 3.26. The van der Waals surface area contributed by atoms with E-state index >= 15 is 0 Å². The first-order valence-electron chi connectivity index (χ1n) is 8.74. The molecule has 6 nitrogen and oxygen atoms in total. The maximum Gasteiger partial charge on any atom is 0.191 e. The van der Waals surface area contributed by atoms with E-state index in [4.69, 9.17) is 0 Å². The number of rotatable bonds is 10. The molecule has 2 aromatic rings. The third-order valence-corrected chi connectivity index (χ3v) is 4.62. The molecule has 0 saturated heterocycles. The van der Waals surface area contributed by atoms with E-state index in [0.29, 0.717) is 0 Å². The lowest BCUT2D eigenvalue weighted by Gasteiger charge is -2.13. The number of thiophene rings is 1. The Balaban J connectivity index is 1.78. The summed E-state index contributed by atoms with van der Waals surface area (Å²) in [4.78, 5) is 6.05. The zero-order valence-corrected chi connectivity index (χ0v) is 15.5. The Morgan fingerprint density at radius 3 is 2.92 bits per heavy atom. The van der Waals surface area contributed by atoms with Crippen LogP contribution in [0.3, 0.4) is 0 Å². The van der Waals surface area contributed by atoms with Crippen LogP contribution < -0.4 is 10.6 Å². The monoisotopic (exact) mass is 348 g/mol. The highest BCUT2D eigenvalue weighted by atomic mass is 32.1. The van der Waals surface area contributed by atoms with Gasteiger partial charge in [-0.2, -0.15) is 0 Å². The van der Waals surface area contributed by atoms with Crippen molar-refractivity contribution < 1.29 is 0 Å². The molecule has 0 radical (unpaired) electrons. The standard InChI is InChI=1S/C17H28N6S/c1-3-5-9-18-17(19-10-8-15-7-6-13-24-15)20-11-12-23-14-21-22-16(23)4-2/h6-7,13-14H,3-5,8-12H2,1-2H3,(H2,18,19,20). The molecule has 0 aliphatic carbocycles. The van der Waals surface area contributed by atoms with Gasteiger partial charge >= 0.3 is 0 Å². The minimum Gasteiger partial charge on any atom is -0.356 e. The van der Waals surface area contributed by atoms with E-state index in [0.717, 1.165) is 63.6 Å². The van der Waals surface area contributed by atoms with Crippen molar-refractivity contribution in [2.45, 2.75) is 46.1 Å². The van der Waals surface area contributed by atoms with E-state index in [1.165, 1.54) is 4.88 Å². The van der Waals surface area contributed by atoms with Gasteiger partial charge < -0.3 is 15.2 Å². The summed E-state index contributed by atoms with van der Waals surface area (Å²) in [5, 5.41) is 17.0. The Morgan fingerprint density at radius 2 is 2.17 bits per heavy atom. The van der Waals surface area contributed by atoms with Gasteiger partial charge in [-0.05, 0) is 24.3 Å². The Hall–Kier alpha value is -1.89. The van der Waals surface area contributed by atoms with Crippen LogP contribution in [0.4, 0.5) is 0 Å². The molecular weight excluding hydrogens is 320 g/mol. The molecule has 132 valence electrons. The van der Waals surface area contributed by atoms with Crippen LogP contribution >= 0.6 is 11.3 Å². The zero-order chi connectivity index (χ0) is 17.0. The smallest absolute Gasteiger partial charge is 0.191 e. The quantitative estimate of drug-likeness (QED) is 0.393. The van der Waals surface area contributed by atoms with Crippen LogP contribution in [0.25, 0.3) is 0 Å². The van der Waals surface area contributed by atoms with Gasteiger partial charge in [0, 0.05) is 37.5 Å². The molecule has 7 heteroatoms. The number of nitrogens with zero attached hydrogens (tertiary/aromatic N) is 4. The van der Waals surface area contributed by atoms with E-state index in [-0.39, 0.29) is 0 Å². The molecule has 2 heterocycles. The van der Waals surface area contributed by atoms with Gasteiger partial charge in [0.05, 0.1) is 0 Å². The number of hydrogen-bond acceptors (Lipinski definition) is 4. The first-order chi connectivity index (χ1) is 11.8. The summed E-state index contributed by atoms with van der Waals surface area (Å²) in [5.41, 5.74) is 0. The topological polar surface area (TPSA) is 67.1 Å². The summed E-state index contributed by atoms with van der Waals surface area (Å²) in [6.45, 7) is 7.68. The van der Waals surface area contributed by atoms with Crippen LogP contribution in [0.5, 0.6) is 0 Å². The van der Waals surface area contributed by atoms with Crippen molar-refractivity contribution in [2.75, 3.05) is 19.6 Å². The molecular formula is C17H28N6S.